The molecule has 0 bridgehead atoms. The van der Waals surface area contributed by atoms with Crippen LogP contribution < -0.4 is 0 Å². The number of halogens is 5. The minimum Gasteiger partial charge on any atom is -0.206 e. The van der Waals surface area contributed by atoms with Gasteiger partial charge < -0.3 is 0 Å². The van der Waals surface area contributed by atoms with Gasteiger partial charge in [-0.1, -0.05) is 70.2 Å². The molecule has 37 heavy (non-hydrogen) atoms. The summed E-state index contributed by atoms with van der Waals surface area (Å²) in [6.07, 6.45) is 9.53. The molecule has 0 saturated heterocycles. The van der Waals surface area contributed by atoms with Crippen LogP contribution in [0, 0.1) is 35.0 Å². The van der Waals surface area contributed by atoms with Crippen molar-refractivity contribution >= 4 is 0 Å². The van der Waals surface area contributed by atoms with E-state index in [1.165, 1.54) is 43.9 Å². The number of benzene rings is 3. The van der Waals surface area contributed by atoms with Crippen LogP contribution in [0.5, 0.6) is 0 Å². The molecule has 0 amide bonds. The van der Waals surface area contributed by atoms with Gasteiger partial charge >= 0.3 is 0 Å². The van der Waals surface area contributed by atoms with Crippen molar-refractivity contribution in [2.24, 2.45) is 5.92 Å². The van der Waals surface area contributed by atoms with E-state index >= 15 is 13.2 Å². The van der Waals surface area contributed by atoms with Crippen LogP contribution >= 0.6 is 0 Å². The average Bonchev–Trinajstić information content (AvgIpc) is 2.88. The van der Waals surface area contributed by atoms with E-state index in [4.69, 9.17) is 0 Å². The van der Waals surface area contributed by atoms with Crippen molar-refractivity contribution in [2.75, 3.05) is 0 Å². The summed E-state index contributed by atoms with van der Waals surface area (Å²) < 4.78 is 75.6. The number of rotatable bonds is 8. The molecule has 5 rings (SSSR count). The minimum absolute atomic E-state index is 0.0471. The summed E-state index contributed by atoms with van der Waals surface area (Å²) in [7, 11) is 0. The number of hydrogen-bond acceptors (Lipinski definition) is 0. The SMILES string of the molecule is CCCCCC1CCC(c2cc3c(c(F)c2F)-c2c-3ccc(-c3ccc(CCC)c(F)c3F)c2F)CC1. The van der Waals surface area contributed by atoms with Crippen molar-refractivity contribution in [3.63, 3.8) is 0 Å². The summed E-state index contributed by atoms with van der Waals surface area (Å²) >= 11 is 0. The summed E-state index contributed by atoms with van der Waals surface area (Å²) in [6, 6.07) is 7.48. The first-order chi connectivity index (χ1) is 17.9. The van der Waals surface area contributed by atoms with Gasteiger partial charge in [-0.2, -0.15) is 0 Å². The molecule has 196 valence electrons. The summed E-state index contributed by atoms with van der Waals surface area (Å²) in [6.45, 7) is 4.05. The van der Waals surface area contributed by atoms with Crippen LogP contribution in [0.1, 0.15) is 88.7 Å². The van der Waals surface area contributed by atoms with Crippen molar-refractivity contribution < 1.29 is 22.0 Å². The predicted octanol–water partition coefficient (Wildman–Crippen LogP) is 10.5. The Morgan fingerprint density at radius 3 is 1.97 bits per heavy atom. The lowest BCUT2D eigenvalue weighted by atomic mass is 9.73. The first-order valence-electron chi connectivity index (χ1n) is 13.7. The second-order valence-electron chi connectivity index (χ2n) is 10.7. The predicted molar refractivity (Wildman–Crippen MR) is 139 cm³/mol. The van der Waals surface area contributed by atoms with E-state index in [0.717, 1.165) is 25.7 Å². The lowest BCUT2D eigenvalue weighted by Gasteiger charge is -2.32. The Kier molecular flexibility index (Phi) is 7.42. The summed E-state index contributed by atoms with van der Waals surface area (Å²) in [5.74, 6) is -4.34. The molecule has 3 aromatic carbocycles. The number of unbranched alkanes of at least 4 members (excludes halogenated alkanes) is 2. The van der Waals surface area contributed by atoms with Gasteiger partial charge in [-0.05, 0) is 72.3 Å². The minimum atomic E-state index is -1.13. The topological polar surface area (TPSA) is 0 Å². The zero-order valence-corrected chi connectivity index (χ0v) is 21.5. The standard InChI is InChI=1S/C32H33F5/c1-3-5-6-8-18-9-11-19(12-10-18)24-17-25-21-15-16-22(29(34)26(21)27(25)32(37)31(24)36)23-14-13-20(7-4-2)28(33)30(23)35/h13-19H,3-12H2,1-2H3. The number of hydrogen-bond donors (Lipinski definition) is 0. The van der Waals surface area contributed by atoms with E-state index in [9.17, 15) is 8.78 Å². The second kappa shape index (κ2) is 10.6. The van der Waals surface area contributed by atoms with Gasteiger partial charge in [0, 0.05) is 22.3 Å². The largest absolute Gasteiger partial charge is 0.206 e. The van der Waals surface area contributed by atoms with E-state index in [-0.39, 0.29) is 33.7 Å². The van der Waals surface area contributed by atoms with Gasteiger partial charge in [-0.25, -0.2) is 22.0 Å². The Bertz CT molecular complexity index is 1320. The lowest BCUT2D eigenvalue weighted by molar-refractivity contribution is 0.298. The lowest BCUT2D eigenvalue weighted by Crippen LogP contribution is -2.17. The zero-order valence-electron chi connectivity index (χ0n) is 21.5. The van der Waals surface area contributed by atoms with Gasteiger partial charge in [0.05, 0.1) is 0 Å². The Balaban J connectivity index is 1.43. The maximum absolute atomic E-state index is 15.6. The summed E-state index contributed by atoms with van der Waals surface area (Å²) in [4.78, 5) is 0. The van der Waals surface area contributed by atoms with Crippen molar-refractivity contribution in [3.05, 3.63) is 70.5 Å². The van der Waals surface area contributed by atoms with Crippen LogP contribution in [0.3, 0.4) is 0 Å². The smallest absolute Gasteiger partial charge is 0.167 e. The van der Waals surface area contributed by atoms with Crippen molar-refractivity contribution in [1.29, 1.82) is 0 Å². The zero-order chi connectivity index (χ0) is 26.3. The third-order valence-electron chi connectivity index (χ3n) is 8.39. The highest BCUT2D eigenvalue weighted by Crippen LogP contribution is 2.54. The molecule has 3 aromatic rings. The molecule has 0 radical (unpaired) electrons. The summed E-state index contributed by atoms with van der Waals surface area (Å²) in [5.41, 5.74) is 1.03. The van der Waals surface area contributed by atoms with E-state index in [2.05, 4.69) is 6.92 Å². The maximum Gasteiger partial charge on any atom is 0.167 e. The number of fused-ring (bicyclic) bond motifs is 4. The molecule has 2 aliphatic rings. The van der Waals surface area contributed by atoms with E-state index in [1.54, 1.807) is 12.1 Å². The fraction of sp³-hybridized carbons (Fsp3) is 0.438. The molecule has 5 heteroatoms. The molecule has 0 atom stereocenters. The molecular formula is C32H33F5. The van der Waals surface area contributed by atoms with Crippen LogP contribution in [-0.2, 0) is 6.42 Å². The van der Waals surface area contributed by atoms with E-state index in [1.807, 2.05) is 6.92 Å². The Hall–Kier alpha value is -2.69. The Morgan fingerprint density at radius 2 is 1.27 bits per heavy atom. The first kappa shape index (κ1) is 25.9. The van der Waals surface area contributed by atoms with Crippen LogP contribution in [0.4, 0.5) is 22.0 Å². The van der Waals surface area contributed by atoms with Crippen molar-refractivity contribution in [2.45, 2.75) is 84.0 Å². The molecule has 1 saturated carbocycles. The average molecular weight is 513 g/mol. The fourth-order valence-electron chi connectivity index (χ4n) is 6.30. The van der Waals surface area contributed by atoms with Gasteiger partial charge in [0.1, 0.15) is 5.82 Å². The van der Waals surface area contributed by atoms with Crippen LogP contribution in [0.2, 0.25) is 0 Å². The van der Waals surface area contributed by atoms with Crippen LogP contribution in [-0.4, -0.2) is 0 Å². The molecule has 0 N–H and O–H groups in total. The molecule has 0 nitrogen and oxygen atoms in total. The highest BCUT2D eigenvalue weighted by Gasteiger charge is 2.36. The molecular weight excluding hydrogens is 479 g/mol. The monoisotopic (exact) mass is 512 g/mol. The highest BCUT2D eigenvalue weighted by molar-refractivity contribution is 6.04. The first-order valence-corrected chi connectivity index (χ1v) is 13.7. The van der Waals surface area contributed by atoms with E-state index < -0.39 is 29.1 Å². The van der Waals surface area contributed by atoms with E-state index in [0.29, 0.717) is 35.4 Å². The van der Waals surface area contributed by atoms with Crippen LogP contribution in [0.15, 0.2) is 30.3 Å². The molecule has 0 aromatic heterocycles. The normalized spacial score (nSPS) is 18.4. The van der Waals surface area contributed by atoms with Gasteiger partial charge in [0.15, 0.2) is 23.3 Å². The second-order valence-corrected chi connectivity index (χ2v) is 10.7. The van der Waals surface area contributed by atoms with Gasteiger partial charge in [-0.15, -0.1) is 0 Å². The Labute approximate surface area is 215 Å². The van der Waals surface area contributed by atoms with Crippen LogP contribution in [0.25, 0.3) is 33.4 Å². The summed E-state index contributed by atoms with van der Waals surface area (Å²) in [5, 5.41) is 0. The quantitative estimate of drug-likeness (QED) is 0.163. The maximum atomic E-state index is 15.6. The van der Waals surface area contributed by atoms with Gasteiger partial charge in [0.2, 0.25) is 0 Å². The molecule has 0 heterocycles. The number of aryl methyl sites for hydroxylation is 1. The fourth-order valence-corrected chi connectivity index (χ4v) is 6.30. The highest BCUT2D eigenvalue weighted by atomic mass is 19.2. The third-order valence-corrected chi connectivity index (χ3v) is 8.39. The Morgan fingerprint density at radius 1 is 0.622 bits per heavy atom. The molecule has 1 fully saturated rings. The molecule has 0 aliphatic heterocycles. The third kappa shape index (κ3) is 4.49. The van der Waals surface area contributed by atoms with Gasteiger partial charge in [0.25, 0.3) is 0 Å². The molecule has 2 aliphatic carbocycles. The molecule has 0 unspecified atom stereocenters. The van der Waals surface area contributed by atoms with Crippen molar-refractivity contribution in [3.8, 4) is 33.4 Å². The molecule has 0 spiro atoms. The van der Waals surface area contributed by atoms with Crippen molar-refractivity contribution in [1.82, 2.24) is 0 Å². The van der Waals surface area contributed by atoms with Gasteiger partial charge in [-0.3, -0.25) is 0 Å².